The largest absolute Gasteiger partial charge is 0.451 e. The first-order valence-electron chi connectivity index (χ1n) is 9.55. The molecular formula is C20H25N3O3. The molecule has 1 aromatic carbocycles. The summed E-state index contributed by atoms with van der Waals surface area (Å²) in [6, 6.07) is 7.69. The van der Waals surface area contributed by atoms with Crippen LogP contribution in [0.2, 0.25) is 0 Å². The summed E-state index contributed by atoms with van der Waals surface area (Å²) in [6.45, 7) is 2.86. The molecule has 2 fully saturated rings. The Morgan fingerprint density at radius 2 is 2.04 bits per heavy atom. The summed E-state index contributed by atoms with van der Waals surface area (Å²) in [7, 11) is 0. The first kappa shape index (κ1) is 17.1. The lowest BCUT2D eigenvalue weighted by molar-refractivity contribution is -0.142. The van der Waals surface area contributed by atoms with Crippen LogP contribution in [0.3, 0.4) is 0 Å². The van der Waals surface area contributed by atoms with Crippen LogP contribution in [-0.4, -0.2) is 46.2 Å². The van der Waals surface area contributed by atoms with Crippen molar-refractivity contribution in [3.63, 3.8) is 0 Å². The van der Waals surface area contributed by atoms with Crippen LogP contribution in [0.5, 0.6) is 0 Å². The van der Waals surface area contributed by atoms with Gasteiger partial charge in [0, 0.05) is 18.0 Å². The van der Waals surface area contributed by atoms with E-state index in [9.17, 15) is 9.59 Å². The number of nitrogens with zero attached hydrogens (tertiary/aromatic N) is 2. The zero-order valence-electron chi connectivity index (χ0n) is 15.1. The Morgan fingerprint density at radius 1 is 1.23 bits per heavy atom. The summed E-state index contributed by atoms with van der Waals surface area (Å²) >= 11 is 0. The van der Waals surface area contributed by atoms with Gasteiger partial charge in [-0.2, -0.15) is 5.10 Å². The second kappa shape index (κ2) is 7.09. The number of aromatic nitrogens is 2. The predicted molar refractivity (Wildman–Crippen MR) is 97.6 cm³/mol. The van der Waals surface area contributed by atoms with Crippen molar-refractivity contribution < 1.29 is 14.3 Å². The van der Waals surface area contributed by atoms with Gasteiger partial charge in [0.2, 0.25) is 0 Å². The number of ether oxygens (including phenoxy) is 1. The van der Waals surface area contributed by atoms with Crippen molar-refractivity contribution in [1.82, 2.24) is 15.1 Å². The molecule has 1 aliphatic carbocycles. The molecular weight excluding hydrogens is 330 g/mol. The minimum atomic E-state index is -0.554. The number of esters is 1. The van der Waals surface area contributed by atoms with E-state index < -0.39 is 5.97 Å². The molecule has 1 amide bonds. The highest BCUT2D eigenvalue weighted by molar-refractivity contribution is 6.02. The van der Waals surface area contributed by atoms with E-state index >= 15 is 0 Å². The summed E-state index contributed by atoms with van der Waals surface area (Å²) in [5.41, 5.74) is 1.01. The molecule has 138 valence electrons. The highest BCUT2D eigenvalue weighted by Crippen LogP contribution is 2.38. The third-order valence-electron chi connectivity index (χ3n) is 6.05. The lowest BCUT2D eigenvalue weighted by Gasteiger charge is -2.47. The molecule has 1 saturated heterocycles. The van der Waals surface area contributed by atoms with Crippen LogP contribution in [0.4, 0.5) is 0 Å². The van der Waals surface area contributed by atoms with Gasteiger partial charge in [-0.15, -0.1) is 0 Å². The quantitative estimate of drug-likeness (QED) is 0.858. The smallest absolute Gasteiger partial charge is 0.359 e. The van der Waals surface area contributed by atoms with Gasteiger partial charge in [0.1, 0.15) is 0 Å². The number of rotatable bonds is 3. The number of nitrogens with one attached hydrogen (secondary N) is 1. The average Bonchev–Trinajstić information content (AvgIpc) is 3.10. The third-order valence-corrected chi connectivity index (χ3v) is 6.05. The fraction of sp³-hybridized carbons (Fsp3) is 0.550. The molecule has 2 aromatic rings. The number of hydrogen-bond acceptors (Lipinski definition) is 4. The van der Waals surface area contributed by atoms with Crippen LogP contribution in [0.25, 0.3) is 10.9 Å². The number of likely N-dealkylation sites (tertiary alicyclic amines) is 1. The number of carbonyl (C=O) groups is 2. The molecule has 1 aliphatic heterocycles. The molecule has 0 radical (unpaired) electrons. The van der Waals surface area contributed by atoms with E-state index in [0.717, 1.165) is 24.9 Å². The number of hydrogen-bond donors (Lipinski definition) is 1. The number of benzene rings is 1. The summed E-state index contributed by atoms with van der Waals surface area (Å²) < 4.78 is 5.30. The number of fused-ring (bicyclic) bond motifs is 2. The van der Waals surface area contributed by atoms with Gasteiger partial charge in [0.05, 0.1) is 5.52 Å². The zero-order valence-corrected chi connectivity index (χ0v) is 15.1. The standard InChI is InChI=1S/C20H25N3O3/c1-13-10-11-23(17-9-5-3-6-14(13)17)18(24)12-26-20(25)19-15-7-2-4-8-16(15)21-22-19/h2,4,7-8,13-14,17H,3,5-6,9-12H2,1H3,(H,21,22)/t13-,14-,17+/m1/s1. The van der Waals surface area contributed by atoms with Gasteiger partial charge in [0.25, 0.3) is 5.91 Å². The summed E-state index contributed by atoms with van der Waals surface area (Å²) in [4.78, 5) is 27.0. The number of H-pyrrole nitrogens is 1. The molecule has 0 spiro atoms. The van der Waals surface area contributed by atoms with E-state index in [-0.39, 0.29) is 18.2 Å². The Labute approximate surface area is 152 Å². The third kappa shape index (κ3) is 3.08. The maximum atomic E-state index is 12.7. The lowest BCUT2D eigenvalue weighted by Crippen LogP contribution is -2.53. The van der Waals surface area contributed by atoms with E-state index in [4.69, 9.17) is 4.74 Å². The maximum Gasteiger partial charge on any atom is 0.359 e. The minimum absolute atomic E-state index is 0.0815. The number of amides is 1. The van der Waals surface area contributed by atoms with E-state index in [1.165, 1.54) is 19.3 Å². The molecule has 0 bridgehead atoms. The fourth-order valence-corrected chi connectivity index (χ4v) is 4.62. The van der Waals surface area contributed by atoms with Gasteiger partial charge < -0.3 is 9.64 Å². The van der Waals surface area contributed by atoms with E-state index in [2.05, 4.69) is 17.1 Å². The first-order chi connectivity index (χ1) is 12.6. The molecule has 4 rings (SSSR count). The van der Waals surface area contributed by atoms with Gasteiger partial charge in [-0.05, 0) is 37.2 Å². The Hall–Kier alpha value is -2.37. The lowest BCUT2D eigenvalue weighted by atomic mass is 9.72. The molecule has 26 heavy (non-hydrogen) atoms. The number of piperidine rings is 1. The molecule has 1 aromatic heterocycles. The van der Waals surface area contributed by atoms with E-state index in [1.807, 2.05) is 29.2 Å². The van der Waals surface area contributed by atoms with Crippen LogP contribution in [0.1, 0.15) is 49.5 Å². The molecule has 0 unspecified atom stereocenters. The van der Waals surface area contributed by atoms with Crippen molar-refractivity contribution in [2.75, 3.05) is 13.2 Å². The normalized spacial score (nSPS) is 25.7. The Balaban J connectivity index is 1.41. The van der Waals surface area contributed by atoms with Crippen molar-refractivity contribution in [2.24, 2.45) is 11.8 Å². The number of carbonyl (C=O) groups excluding carboxylic acids is 2. The average molecular weight is 355 g/mol. The fourth-order valence-electron chi connectivity index (χ4n) is 4.62. The van der Waals surface area contributed by atoms with Gasteiger partial charge in [-0.25, -0.2) is 4.79 Å². The molecule has 3 atom stereocenters. The van der Waals surface area contributed by atoms with Crippen molar-refractivity contribution in [3.05, 3.63) is 30.0 Å². The molecule has 6 nitrogen and oxygen atoms in total. The molecule has 1 N–H and O–H groups in total. The van der Waals surface area contributed by atoms with Gasteiger partial charge >= 0.3 is 5.97 Å². The van der Waals surface area contributed by atoms with Crippen molar-refractivity contribution in [2.45, 2.75) is 45.1 Å². The van der Waals surface area contributed by atoms with Crippen LogP contribution in [0.15, 0.2) is 24.3 Å². The van der Waals surface area contributed by atoms with Gasteiger partial charge in [-0.3, -0.25) is 9.89 Å². The van der Waals surface area contributed by atoms with E-state index in [1.54, 1.807) is 0 Å². The summed E-state index contributed by atoms with van der Waals surface area (Å²) in [5.74, 6) is 0.623. The zero-order chi connectivity index (χ0) is 18.1. The summed E-state index contributed by atoms with van der Waals surface area (Å²) in [5, 5.41) is 7.56. The monoisotopic (exact) mass is 355 g/mol. The van der Waals surface area contributed by atoms with Crippen LogP contribution in [-0.2, 0) is 9.53 Å². The molecule has 2 heterocycles. The first-order valence-corrected chi connectivity index (χ1v) is 9.55. The highest BCUT2D eigenvalue weighted by Gasteiger charge is 2.39. The number of aromatic amines is 1. The Morgan fingerprint density at radius 3 is 2.92 bits per heavy atom. The second-order valence-electron chi connectivity index (χ2n) is 7.56. The van der Waals surface area contributed by atoms with Crippen LogP contribution < -0.4 is 0 Å². The Kier molecular flexibility index (Phi) is 4.66. The Bertz CT molecular complexity index is 815. The van der Waals surface area contributed by atoms with Crippen LogP contribution >= 0.6 is 0 Å². The van der Waals surface area contributed by atoms with Gasteiger partial charge in [0.15, 0.2) is 12.3 Å². The van der Waals surface area contributed by atoms with Crippen LogP contribution in [0, 0.1) is 11.8 Å². The SMILES string of the molecule is C[C@@H]1CCN(C(=O)COC(=O)c2n[nH]c3ccccc23)[C@H]2CCCC[C@H]12. The van der Waals surface area contributed by atoms with Crippen molar-refractivity contribution >= 4 is 22.8 Å². The second-order valence-corrected chi connectivity index (χ2v) is 7.56. The minimum Gasteiger partial charge on any atom is -0.451 e. The van der Waals surface area contributed by atoms with E-state index in [0.29, 0.717) is 23.3 Å². The predicted octanol–water partition coefficient (Wildman–Crippen LogP) is 3.15. The van der Waals surface area contributed by atoms with Gasteiger partial charge in [-0.1, -0.05) is 38.0 Å². The van der Waals surface area contributed by atoms with Crippen molar-refractivity contribution in [1.29, 1.82) is 0 Å². The number of para-hydroxylation sites is 1. The molecule has 2 aliphatic rings. The highest BCUT2D eigenvalue weighted by atomic mass is 16.5. The molecule has 6 heteroatoms. The summed E-state index contributed by atoms with van der Waals surface area (Å²) in [6.07, 6.45) is 5.74. The topological polar surface area (TPSA) is 75.3 Å². The molecule has 1 saturated carbocycles. The maximum absolute atomic E-state index is 12.7. The van der Waals surface area contributed by atoms with Crippen molar-refractivity contribution in [3.8, 4) is 0 Å².